The summed E-state index contributed by atoms with van der Waals surface area (Å²) in [6.07, 6.45) is 3.59. The van der Waals surface area contributed by atoms with Gasteiger partial charge in [-0.25, -0.2) is 0 Å². The number of likely N-dealkylation sites (tertiary alicyclic amines) is 1. The van der Waals surface area contributed by atoms with Crippen LogP contribution in [0.2, 0.25) is 0 Å². The van der Waals surface area contributed by atoms with Gasteiger partial charge in [0.2, 0.25) is 0 Å². The van der Waals surface area contributed by atoms with Crippen molar-refractivity contribution < 1.29 is 9.59 Å². The van der Waals surface area contributed by atoms with Crippen molar-refractivity contribution >= 4 is 17.5 Å². The van der Waals surface area contributed by atoms with Crippen LogP contribution < -0.4 is 5.32 Å². The Balaban J connectivity index is 1.77. The Bertz CT molecular complexity index is 872. The molecule has 26 heavy (non-hydrogen) atoms. The average molecular weight is 348 g/mol. The van der Waals surface area contributed by atoms with E-state index in [-0.39, 0.29) is 11.6 Å². The lowest BCUT2D eigenvalue weighted by Crippen LogP contribution is -2.39. The Kier molecular flexibility index (Phi) is 5.28. The molecule has 0 spiro atoms. The van der Waals surface area contributed by atoms with Gasteiger partial charge in [0.25, 0.3) is 11.8 Å². The molecule has 0 bridgehead atoms. The first-order valence-corrected chi connectivity index (χ1v) is 8.64. The molecular weight excluding hydrogens is 328 g/mol. The van der Waals surface area contributed by atoms with E-state index < -0.39 is 5.91 Å². The van der Waals surface area contributed by atoms with E-state index >= 15 is 0 Å². The summed E-state index contributed by atoms with van der Waals surface area (Å²) < 4.78 is 0. The van der Waals surface area contributed by atoms with Crippen molar-refractivity contribution in [2.45, 2.75) is 19.8 Å². The lowest BCUT2D eigenvalue weighted by Gasteiger charge is -2.31. The number of nitrogens with zero attached hydrogens (tertiary/aromatic N) is 3. The molecule has 1 fully saturated rings. The molecule has 2 aromatic rings. The van der Waals surface area contributed by atoms with Crippen molar-refractivity contribution in [2.75, 3.05) is 18.4 Å². The number of hydrogen-bond acceptors (Lipinski definition) is 4. The zero-order chi connectivity index (χ0) is 18.5. The minimum Gasteiger partial charge on any atom is -0.338 e. The summed E-state index contributed by atoms with van der Waals surface area (Å²) in [5.41, 5.74) is 1.39. The average Bonchev–Trinajstić information content (AvgIpc) is 2.68. The number of piperidine rings is 1. The van der Waals surface area contributed by atoms with Crippen LogP contribution in [0.25, 0.3) is 0 Å². The second-order valence-corrected chi connectivity index (χ2v) is 6.54. The number of carbonyl (C=O) groups excluding carboxylic acids is 2. The maximum absolute atomic E-state index is 12.7. The van der Waals surface area contributed by atoms with Gasteiger partial charge in [-0.15, -0.1) is 0 Å². The van der Waals surface area contributed by atoms with Crippen molar-refractivity contribution in [3.8, 4) is 6.07 Å². The van der Waals surface area contributed by atoms with Crippen LogP contribution in [0.4, 0.5) is 5.69 Å². The van der Waals surface area contributed by atoms with Gasteiger partial charge >= 0.3 is 0 Å². The maximum Gasteiger partial charge on any atom is 0.274 e. The fourth-order valence-corrected chi connectivity index (χ4v) is 3.12. The second-order valence-electron chi connectivity index (χ2n) is 6.54. The molecule has 2 amide bonds. The van der Waals surface area contributed by atoms with Gasteiger partial charge in [0.15, 0.2) is 0 Å². The van der Waals surface area contributed by atoms with E-state index in [4.69, 9.17) is 5.26 Å². The van der Waals surface area contributed by atoms with Gasteiger partial charge in [0.05, 0.1) is 11.3 Å². The number of anilines is 1. The molecule has 1 N–H and O–H groups in total. The zero-order valence-electron chi connectivity index (χ0n) is 14.6. The Morgan fingerprint density at radius 2 is 2.12 bits per heavy atom. The van der Waals surface area contributed by atoms with Crippen molar-refractivity contribution in [3.63, 3.8) is 0 Å². The highest BCUT2D eigenvalue weighted by Gasteiger charge is 2.23. The molecule has 132 valence electrons. The summed E-state index contributed by atoms with van der Waals surface area (Å²) in [5, 5.41) is 11.8. The highest BCUT2D eigenvalue weighted by atomic mass is 16.2. The fourth-order valence-electron chi connectivity index (χ4n) is 3.12. The third-order valence-corrected chi connectivity index (χ3v) is 4.48. The molecule has 1 aromatic carbocycles. The van der Waals surface area contributed by atoms with Crippen molar-refractivity contribution in [1.29, 1.82) is 5.26 Å². The normalized spacial score (nSPS) is 16.6. The molecule has 0 radical (unpaired) electrons. The quantitative estimate of drug-likeness (QED) is 0.923. The van der Waals surface area contributed by atoms with Gasteiger partial charge in [-0.3, -0.25) is 14.6 Å². The zero-order valence-corrected chi connectivity index (χ0v) is 14.6. The summed E-state index contributed by atoms with van der Waals surface area (Å²) in [6, 6.07) is 11.9. The number of nitriles is 1. The van der Waals surface area contributed by atoms with E-state index in [0.717, 1.165) is 25.9 Å². The number of benzene rings is 1. The molecule has 1 saturated heterocycles. The largest absolute Gasteiger partial charge is 0.338 e. The first-order valence-electron chi connectivity index (χ1n) is 8.64. The molecular formula is C20H20N4O2. The predicted molar refractivity (Wildman–Crippen MR) is 97.6 cm³/mol. The maximum atomic E-state index is 12.7. The van der Waals surface area contributed by atoms with Crippen LogP contribution in [0.5, 0.6) is 0 Å². The third kappa shape index (κ3) is 3.89. The highest BCUT2D eigenvalue weighted by molar-refractivity contribution is 6.05. The summed E-state index contributed by atoms with van der Waals surface area (Å²) in [6.45, 7) is 3.61. The first kappa shape index (κ1) is 17.6. The van der Waals surface area contributed by atoms with E-state index in [9.17, 15) is 9.59 Å². The third-order valence-electron chi connectivity index (χ3n) is 4.48. The number of pyridine rings is 1. The SMILES string of the molecule is CC1CCCN(C(=O)c2ccnc(C(=O)Nc3ccccc3C#N)c2)C1. The minimum atomic E-state index is -0.450. The monoisotopic (exact) mass is 348 g/mol. The van der Waals surface area contributed by atoms with E-state index in [2.05, 4.69) is 17.2 Å². The van der Waals surface area contributed by atoms with Gasteiger partial charge in [0, 0.05) is 24.8 Å². The molecule has 1 aromatic heterocycles. The van der Waals surface area contributed by atoms with Crippen LogP contribution in [-0.4, -0.2) is 34.8 Å². The lowest BCUT2D eigenvalue weighted by molar-refractivity contribution is 0.0683. The van der Waals surface area contributed by atoms with Crippen LogP contribution in [0.1, 0.15) is 46.2 Å². The summed E-state index contributed by atoms with van der Waals surface area (Å²) in [5.74, 6) is -0.0421. The number of carbonyl (C=O) groups is 2. The fraction of sp³-hybridized carbons (Fsp3) is 0.300. The van der Waals surface area contributed by atoms with Crippen molar-refractivity contribution in [1.82, 2.24) is 9.88 Å². The molecule has 1 unspecified atom stereocenters. The van der Waals surface area contributed by atoms with E-state index in [1.54, 1.807) is 30.3 Å². The van der Waals surface area contributed by atoms with Gasteiger partial charge in [-0.2, -0.15) is 5.26 Å². The molecule has 1 atom stereocenters. The smallest absolute Gasteiger partial charge is 0.274 e. The Labute approximate surface area is 152 Å². The van der Waals surface area contributed by atoms with Crippen molar-refractivity contribution in [2.24, 2.45) is 5.92 Å². The van der Waals surface area contributed by atoms with Crippen LogP contribution >= 0.6 is 0 Å². The molecule has 0 saturated carbocycles. The highest BCUT2D eigenvalue weighted by Crippen LogP contribution is 2.19. The van der Waals surface area contributed by atoms with Crippen LogP contribution in [-0.2, 0) is 0 Å². The number of amides is 2. The molecule has 0 aliphatic carbocycles. The number of hydrogen-bond donors (Lipinski definition) is 1. The standard InChI is InChI=1S/C20H20N4O2/c1-14-5-4-10-24(13-14)20(26)15-8-9-22-18(11-15)19(25)23-17-7-3-2-6-16(17)12-21/h2-3,6-9,11,14H,4-5,10,13H2,1H3,(H,23,25). The van der Waals surface area contributed by atoms with E-state index in [1.165, 1.54) is 12.3 Å². The second kappa shape index (κ2) is 7.79. The molecule has 6 nitrogen and oxygen atoms in total. The summed E-state index contributed by atoms with van der Waals surface area (Å²) in [4.78, 5) is 31.1. The molecule has 1 aliphatic heterocycles. The summed E-state index contributed by atoms with van der Waals surface area (Å²) >= 11 is 0. The van der Waals surface area contributed by atoms with Crippen molar-refractivity contribution in [3.05, 3.63) is 59.4 Å². The number of nitrogens with one attached hydrogen (secondary N) is 1. The van der Waals surface area contributed by atoms with Gasteiger partial charge in [-0.1, -0.05) is 19.1 Å². The number of para-hydroxylation sites is 1. The minimum absolute atomic E-state index is 0.0783. The van der Waals surface area contributed by atoms with E-state index in [1.807, 2.05) is 11.0 Å². The van der Waals surface area contributed by atoms with Gasteiger partial charge in [-0.05, 0) is 43.0 Å². The number of aromatic nitrogens is 1. The Hall–Kier alpha value is -3.20. The van der Waals surface area contributed by atoms with Crippen LogP contribution in [0.15, 0.2) is 42.6 Å². The summed E-state index contributed by atoms with van der Waals surface area (Å²) in [7, 11) is 0. The van der Waals surface area contributed by atoms with Crippen LogP contribution in [0.3, 0.4) is 0 Å². The number of rotatable bonds is 3. The molecule has 3 rings (SSSR count). The molecule has 1 aliphatic rings. The van der Waals surface area contributed by atoms with Crippen LogP contribution in [0, 0.1) is 17.2 Å². The van der Waals surface area contributed by atoms with Gasteiger partial charge in [0.1, 0.15) is 11.8 Å². The first-order chi connectivity index (χ1) is 12.6. The topological polar surface area (TPSA) is 86.1 Å². The molecule has 2 heterocycles. The lowest BCUT2D eigenvalue weighted by atomic mass is 9.99. The molecule has 6 heteroatoms. The Morgan fingerprint density at radius 3 is 2.88 bits per heavy atom. The van der Waals surface area contributed by atoms with E-state index in [0.29, 0.717) is 22.7 Å². The van der Waals surface area contributed by atoms with Gasteiger partial charge < -0.3 is 10.2 Å². The predicted octanol–water partition coefficient (Wildman–Crippen LogP) is 3.08. The Morgan fingerprint density at radius 1 is 1.31 bits per heavy atom.